The fraction of sp³-hybridized carbons (Fsp3) is 0.0833. The molecule has 0 aromatic carbocycles. The summed E-state index contributed by atoms with van der Waals surface area (Å²) in [5.41, 5.74) is 0.115. The van der Waals surface area contributed by atoms with E-state index in [2.05, 4.69) is 15.3 Å². The molecule has 0 saturated heterocycles. The summed E-state index contributed by atoms with van der Waals surface area (Å²) >= 11 is 0. The first-order valence-corrected chi connectivity index (χ1v) is 5.01. The Morgan fingerprint density at radius 1 is 1.22 bits per heavy atom. The Labute approximate surface area is 107 Å². The van der Waals surface area contributed by atoms with Crippen LogP contribution in [0.2, 0.25) is 0 Å². The molecule has 5 nitrogen and oxygen atoms in total. The summed E-state index contributed by atoms with van der Waals surface area (Å²) in [5, 5.41) is 4.67. The highest BCUT2D eigenvalue weighted by Crippen LogP contribution is 2.12. The second kappa shape index (κ2) is 5.22. The van der Waals surface area contributed by atoms with Gasteiger partial charge in [0.15, 0.2) is 0 Å². The molecule has 1 amide bonds. The van der Waals surface area contributed by atoms with Gasteiger partial charge < -0.3 is 10.6 Å². The molecule has 0 aliphatic heterocycles. The first-order chi connectivity index (χ1) is 9.83. The number of halogens is 1. The van der Waals surface area contributed by atoms with Gasteiger partial charge in [0.05, 0.1) is 11.8 Å². The highest BCUT2D eigenvalue weighted by Gasteiger charge is 2.03. The minimum absolute atomic E-state index is 0.115. The van der Waals surface area contributed by atoms with Gasteiger partial charge in [0.1, 0.15) is 17.5 Å². The first kappa shape index (κ1) is 8.57. The Hall–Kier alpha value is -2.50. The third-order valence-corrected chi connectivity index (χ3v) is 2.12. The molecule has 0 saturated carbocycles. The standard InChI is InChI=1S/C12H11FN4O/c1-14-12(18)8-2-4-10(15-6-8)17-11-5-3-9(13)7-16-11/h2-7H,1H3,(H,14,18)(H,15,16,17)/i1D3. The molecule has 2 heterocycles. The van der Waals surface area contributed by atoms with Crippen molar-refractivity contribution >= 4 is 17.5 Å². The van der Waals surface area contributed by atoms with Crippen LogP contribution in [0.5, 0.6) is 0 Å². The average molecular weight is 249 g/mol. The predicted molar refractivity (Wildman–Crippen MR) is 65.1 cm³/mol. The van der Waals surface area contributed by atoms with Crippen molar-refractivity contribution in [1.82, 2.24) is 15.3 Å². The van der Waals surface area contributed by atoms with Crippen LogP contribution in [-0.2, 0) is 0 Å². The molecule has 2 aromatic heterocycles. The molecule has 2 rings (SSSR count). The number of anilines is 2. The highest BCUT2D eigenvalue weighted by molar-refractivity contribution is 5.93. The van der Waals surface area contributed by atoms with Crippen LogP contribution in [0.3, 0.4) is 0 Å². The Balaban J connectivity index is 2.05. The number of amides is 1. The number of hydrogen-bond acceptors (Lipinski definition) is 4. The van der Waals surface area contributed by atoms with Crippen LogP contribution in [0.1, 0.15) is 14.5 Å². The van der Waals surface area contributed by atoms with Crippen molar-refractivity contribution in [3.05, 3.63) is 48.0 Å². The fourth-order valence-corrected chi connectivity index (χ4v) is 1.26. The van der Waals surface area contributed by atoms with Crippen LogP contribution < -0.4 is 10.6 Å². The number of pyridine rings is 2. The number of rotatable bonds is 3. The molecule has 0 fully saturated rings. The van der Waals surface area contributed by atoms with Crippen molar-refractivity contribution in [3.63, 3.8) is 0 Å². The number of nitrogens with zero attached hydrogens (tertiary/aromatic N) is 2. The molecule has 0 spiro atoms. The Bertz CT molecular complexity index is 628. The van der Waals surface area contributed by atoms with Crippen molar-refractivity contribution in [1.29, 1.82) is 0 Å². The Kier molecular flexibility index (Phi) is 2.49. The minimum Gasteiger partial charge on any atom is -0.355 e. The molecule has 2 N–H and O–H groups in total. The first-order valence-electron chi connectivity index (χ1n) is 6.51. The number of carbonyl (C=O) groups is 1. The Morgan fingerprint density at radius 2 is 1.94 bits per heavy atom. The maximum atomic E-state index is 12.7. The van der Waals surface area contributed by atoms with Gasteiger partial charge in [0.25, 0.3) is 5.91 Å². The van der Waals surface area contributed by atoms with E-state index in [-0.39, 0.29) is 5.56 Å². The highest BCUT2D eigenvalue weighted by atomic mass is 19.1. The lowest BCUT2D eigenvalue weighted by Crippen LogP contribution is -2.17. The summed E-state index contributed by atoms with van der Waals surface area (Å²) in [5.74, 6) is -0.415. The minimum atomic E-state index is -2.55. The van der Waals surface area contributed by atoms with E-state index in [9.17, 15) is 9.18 Å². The van der Waals surface area contributed by atoms with Gasteiger partial charge in [-0.05, 0) is 24.3 Å². The van der Waals surface area contributed by atoms with Crippen molar-refractivity contribution < 1.29 is 13.3 Å². The number of aromatic nitrogens is 2. The topological polar surface area (TPSA) is 66.9 Å². The van der Waals surface area contributed by atoms with E-state index in [0.29, 0.717) is 11.6 Å². The van der Waals surface area contributed by atoms with Gasteiger partial charge in [-0.15, -0.1) is 0 Å². The molecule has 92 valence electrons. The summed E-state index contributed by atoms with van der Waals surface area (Å²) in [4.78, 5) is 19.3. The molecule has 0 bridgehead atoms. The van der Waals surface area contributed by atoms with Crippen molar-refractivity contribution in [2.45, 2.75) is 0 Å². The summed E-state index contributed by atoms with van der Waals surface area (Å²) in [6.07, 6.45) is 2.29. The van der Waals surface area contributed by atoms with E-state index in [1.165, 1.54) is 30.5 Å². The summed E-state index contributed by atoms with van der Waals surface area (Å²) in [6, 6.07) is 5.58. The molecule has 0 atom stereocenters. The molecule has 0 aliphatic carbocycles. The molecule has 18 heavy (non-hydrogen) atoms. The van der Waals surface area contributed by atoms with Crippen LogP contribution in [0.25, 0.3) is 0 Å². The van der Waals surface area contributed by atoms with Crippen LogP contribution in [0.15, 0.2) is 36.7 Å². The number of carbonyl (C=O) groups excluding carboxylic acids is 1. The van der Waals surface area contributed by atoms with Gasteiger partial charge in [-0.1, -0.05) is 0 Å². The SMILES string of the molecule is [2H]C([2H])([2H])NC(=O)c1ccc(Nc2ccc(F)cn2)nc1. The molecule has 0 aliphatic rings. The molecule has 0 unspecified atom stereocenters. The Morgan fingerprint density at radius 3 is 2.50 bits per heavy atom. The average Bonchev–Trinajstić information content (AvgIpc) is 2.40. The van der Waals surface area contributed by atoms with Gasteiger partial charge in [-0.3, -0.25) is 4.79 Å². The van der Waals surface area contributed by atoms with Crippen molar-refractivity contribution in [2.24, 2.45) is 0 Å². The van der Waals surface area contributed by atoms with Crippen LogP contribution in [0.4, 0.5) is 16.0 Å². The van der Waals surface area contributed by atoms with E-state index < -0.39 is 18.7 Å². The quantitative estimate of drug-likeness (QED) is 0.869. The second-order valence-corrected chi connectivity index (χ2v) is 3.37. The third kappa shape index (κ3) is 2.79. The fourth-order valence-electron chi connectivity index (χ4n) is 1.26. The van der Waals surface area contributed by atoms with Crippen molar-refractivity contribution in [3.8, 4) is 0 Å². The van der Waals surface area contributed by atoms with E-state index in [0.717, 1.165) is 6.20 Å². The van der Waals surface area contributed by atoms with E-state index >= 15 is 0 Å². The normalized spacial score (nSPS) is 13.1. The van der Waals surface area contributed by atoms with E-state index in [1.54, 1.807) is 0 Å². The summed E-state index contributed by atoms with van der Waals surface area (Å²) < 4.78 is 33.6. The summed E-state index contributed by atoms with van der Waals surface area (Å²) in [7, 11) is 0. The maximum Gasteiger partial charge on any atom is 0.252 e. The van der Waals surface area contributed by atoms with Crippen LogP contribution in [-0.4, -0.2) is 22.9 Å². The molecular weight excluding hydrogens is 235 g/mol. The van der Waals surface area contributed by atoms with Crippen molar-refractivity contribution in [2.75, 3.05) is 12.3 Å². The van der Waals surface area contributed by atoms with E-state index in [1.807, 2.05) is 5.32 Å². The molecule has 0 radical (unpaired) electrons. The molecule has 6 heteroatoms. The lowest BCUT2D eigenvalue weighted by molar-refractivity contribution is 0.0963. The van der Waals surface area contributed by atoms with Gasteiger partial charge in [-0.25, -0.2) is 14.4 Å². The largest absolute Gasteiger partial charge is 0.355 e. The van der Waals surface area contributed by atoms with Gasteiger partial charge >= 0.3 is 0 Å². The number of nitrogens with one attached hydrogen (secondary N) is 2. The zero-order chi connectivity index (χ0) is 15.5. The number of hydrogen-bond donors (Lipinski definition) is 2. The van der Waals surface area contributed by atoms with Crippen LogP contribution >= 0.6 is 0 Å². The van der Waals surface area contributed by atoms with Gasteiger partial charge in [-0.2, -0.15) is 0 Å². The summed E-state index contributed by atoms with van der Waals surface area (Å²) in [6.45, 7) is -2.55. The third-order valence-electron chi connectivity index (χ3n) is 2.12. The van der Waals surface area contributed by atoms with Gasteiger partial charge in [0, 0.05) is 17.3 Å². The van der Waals surface area contributed by atoms with Gasteiger partial charge in [0.2, 0.25) is 0 Å². The molecule has 2 aromatic rings. The zero-order valence-electron chi connectivity index (χ0n) is 12.1. The zero-order valence-corrected chi connectivity index (χ0v) is 9.14. The predicted octanol–water partition coefficient (Wildman–Crippen LogP) is 1.72. The second-order valence-electron chi connectivity index (χ2n) is 3.37. The van der Waals surface area contributed by atoms with Crippen LogP contribution in [0, 0.1) is 5.82 Å². The smallest absolute Gasteiger partial charge is 0.252 e. The monoisotopic (exact) mass is 249 g/mol. The van der Waals surface area contributed by atoms with E-state index in [4.69, 9.17) is 4.11 Å². The molecular formula is C12H11FN4O. The lowest BCUT2D eigenvalue weighted by atomic mass is 10.2. The lowest BCUT2D eigenvalue weighted by Gasteiger charge is -2.05. The maximum absolute atomic E-state index is 12.7.